The number of hydroxylamine groups is 2. The van der Waals surface area contributed by atoms with Crippen LogP contribution in [0.5, 0.6) is 5.75 Å². The molecule has 0 unspecified atom stereocenters. The third kappa shape index (κ3) is 9.57. The highest BCUT2D eigenvalue weighted by atomic mass is 32.3. The average Bonchev–Trinajstić information content (AvgIpc) is 3.58. The Bertz CT molecular complexity index is 2140. The summed E-state index contributed by atoms with van der Waals surface area (Å²) in [4.78, 5) is 57.0. The van der Waals surface area contributed by atoms with Gasteiger partial charge in [0.15, 0.2) is 16.9 Å². The van der Waals surface area contributed by atoms with E-state index in [-0.39, 0.29) is 23.7 Å². The Kier molecular flexibility index (Phi) is 13.0. The molecule has 1 aromatic carbocycles. The Morgan fingerprint density at radius 3 is 2.56 bits per heavy atom. The first-order valence-corrected chi connectivity index (χ1v) is 19.7. The lowest BCUT2D eigenvalue weighted by Gasteiger charge is -2.51. The molecular formula is C34H43N9O12S2. The van der Waals surface area contributed by atoms with E-state index < -0.39 is 57.2 Å². The molecule has 0 aliphatic carbocycles. The van der Waals surface area contributed by atoms with Crippen LogP contribution in [0, 0.1) is 5.92 Å². The van der Waals surface area contributed by atoms with Gasteiger partial charge in [-0.2, -0.15) is 9.35 Å². The van der Waals surface area contributed by atoms with Crippen LogP contribution in [0.4, 0.5) is 10.9 Å². The number of benzene rings is 1. The molecule has 23 heteroatoms. The van der Waals surface area contributed by atoms with E-state index >= 15 is 0 Å². The number of β-lactam (4-membered cyclic amide) rings is 1. The van der Waals surface area contributed by atoms with Crippen LogP contribution >= 0.6 is 11.3 Å². The summed E-state index contributed by atoms with van der Waals surface area (Å²) in [6.07, 6.45) is 1.71. The van der Waals surface area contributed by atoms with Crippen LogP contribution in [0.15, 0.2) is 47.1 Å². The van der Waals surface area contributed by atoms with E-state index in [4.69, 9.17) is 30.9 Å². The number of rotatable bonds is 15. The average molecular weight is 834 g/mol. The number of hydrogen-bond acceptors (Lipinski definition) is 17. The highest BCUT2D eigenvalue weighted by molar-refractivity contribution is 7.80. The van der Waals surface area contributed by atoms with Crippen LogP contribution in [0.3, 0.4) is 0 Å². The molecule has 57 heavy (non-hydrogen) atoms. The number of oxime groups is 1. The van der Waals surface area contributed by atoms with Crippen molar-refractivity contribution in [2.45, 2.75) is 63.4 Å². The Morgan fingerprint density at radius 1 is 1.28 bits per heavy atom. The number of ether oxygens (including phenoxy) is 1. The number of nitrogens with zero attached hydrogens (tertiary/aromatic N) is 4. The zero-order valence-corrected chi connectivity index (χ0v) is 32.7. The van der Waals surface area contributed by atoms with Crippen LogP contribution in [0.2, 0.25) is 0 Å². The number of nitrogens with two attached hydrogens (primary N) is 2. The standard InChI is InChI=1S/C33H41N9O10S2.CH2O2/c1-32(2)27(29(44)42(32)52-54(47,48)49)39-28(43)26(22-17-53-31(35)38-22)40-51-33(3,30(45)46)24-8-5-20-12-19(4-7-23(20)50-24)21-6-9-25(37-11-10-34)41(16-21)15-18-13-36-14-18;2-1-3/h4,6-7,9,12,16-18,24,27,36H,5,8,10-11,13-15,34H2,1-3H3,(H5,35,38,39,43,45,46,47,48,49);1H,(H,2,3)/b40-26-;/t24-,27-,33+;/m1./s1. The van der Waals surface area contributed by atoms with Crippen molar-refractivity contribution in [1.82, 2.24) is 20.7 Å². The predicted octanol–water partition coefficient (Wildman–Crippen LogP) is -0.574. The minimum atomic E-state index is -5.28. The minimum absolute atomic E-state index is 0.0584. The van der Waals surface area contributed by atoms with Gasteiger partial charge in [-0.25, -0.2) is 22.8 Å². The molecule has 2 amide bonds. The first kappa shape index (κ1) is 42.7. The number of fused-ring (bicyclic) bond motifs is 1. The summed E-state index contributed by atoms with van der Waals surface area (Å²) in [5, 5.41) is 32.1. The molecule has 5 heterocycles. The van der Waals surface area contributed by atoms with Crippen LogP contribution in [-0.2, 0) is 51.7 Å². The molecule has 6 rings (SSSR count). The van der Waals surface area contributed by atoms with Gasteiger partial charge < -0.3 is 46.4 Å². The van der Waals surface area contributed by atoms with Gasteiger partial charge in [-0.05, 0) is 62.9 Å². The number of nitrogens with one attached hydrogen (secondary N) is 3. The van der Waals surface area contributed by atoms with Gasteiger partial charge in [0.2, 0.25) is 10.4 Å². The topological polar surface area (TPSA) is 314 Å². The second-order valence-corrected chi connectivity index (χ2v) is 15.8. The molecule has 0 radical (unpaired) electrons. The van der Waals surface area contributed by atoms with Crippen molar-refractivity contribution in [3.8, 4) is 16.9 Å². The predicted molar refractivity (Wildman–Crippen MR) is 201 cm³/mol. The van der Waals surface area contributed by atoms with Crippen molar-refractivity contribution in [2.75, 3.05) is 37.2 Å². The summed E-state index contributed by atoms with van der Waals surface area (Å²) in [6.45, 7) is 7.63. The number of nitrogen functional groups attached to an aromatic ring is 1. The molecule has 2 fully saturated rings. The van der Waals surface area contributed by atoms with E-state index in [9.17, 15) is 32.5 Å². The molecule has 9 N–H and O–H groups in total. The Balaban J connectivity index is 0.00000200. The second kappa shape index (κ2) is 17.4. The molecule has 3 aliphatic rings. The smallest absolute Gasteiger partial charge is 0.354 e. The lowest BCUT2D eigenvalue weighted by molar-refractivity contribution is -0.690. The quantitative estimate of drug-likeness (QED) is 0.0192. The summed E-state index contributed by atoms with van der Waals surface area (Å²) >= 11 is 0.967. The van der Waals surface area contributed by atoms with E-state index in [1.165, 1.54) is 26.2 Å². The number of carboxylic acid groups (broad SMARTS) is 2. The third-order valence-corrected chi connectivity index (χ3v) is 10.6. The molecule has 21 nitrogen and oxygen atoms in total. The molecule has 0 bridgehead atoms. The lowest BCUT2D eigenvalue weighted by atomic mass is 9.84. The molecule has 3 aliphatic heterocycles. The van der Waals surface area contributed by atoms with Crippen molar-refractivity contribution < 1.29 is 60.8 Å². The van der Waals surface area contributed by atoms with Gasteiger partial charge in [-0.15, -0.1) is 11.3 Å². The van der Waals surface area contributed by atoms with E-state index in [1.807, 2.05) is 24.3 Å². The number of thiazole rings is 1. The van der Waals surface area contributed by atoms with Gasteiger partial charge in [0.1, 0.15) is 17.5 Å². The van der Waals surface area contributed by atoms with E-state index in [2.05, 4.69) is 41.1 Å². The molecule has 3 atom stereocenters. The number of amides is 2. The summed E-state index contributed by atoms with van der Waals surface area (Å²) < 4.78 is 46.0. The van der Waals surface area contributed by atoms with Crippen LogP contribution in [0.25, 0.3) is 11.1 Å². The normalized spacial score (nSPS) is 19.9. The van der Waals surface area contributed by atoms with Gasteiger partial charge >= 0.3 is 5.97 Å². The lowest BCUT2D eigenvalue weighted by Crippen LogP contribution is -2.76. The van der Waals surface area contributed by atoms with E-state index in [1.54, 1.807) is 6.07 Å². The van der Waals surface area contributed by atoms with Gasteiger partial charge in [0.05, 0.1) is 24.8 Å². The van der Waals surface area contributed by atoms with Crippen molar-refractivity contribution in [3.63, 3.8) is 0 Å². The zero-order valence-electron chi connectivity index (χ0n) is 31.0. The Morgan fingerprint density at radius 2 is 1.98 bits per heavy atom. The van der Waals surface area contributed by atoms with Crippen molar-refractivity contribution in [3.05, 3.63) is 53.2 Å². The van der Waals surface area contributed by atoms with Crippen molar-refractivity contribution in [2.24, 2.45) is 16.8 Å². The maximum Gasteiger partial charge on any atom is 0.354 e. The van der Waals surface area contributed by atoms with E-state index in [0.29, 0.717) is 36.2 Å². The van der Waals surface area contributed by atoms with Gasteiger partial charge in [-0.1, -0.05) is 11.2 Å². The largest absolute Gasteiger partial charge is 0.724 e. The first-order valence-electron chi connectivity index (χ1n) is 17.5. The number of pyridine rings is 1. The number of carboxylic acids is 1. The minimum Gasteiger partial charge on any atom is -0.724 e. The van der Waals surface area contributed by atoms with Crippen LogP contribution < -0.4 is 36.7 Å². The fourth-order valence-corrected chi connectivity index (χ4v) is 7.33. The van der Waals surface area contributed by atoms with Crippen LogP contribution in [0.1, 0.15) is 38.4 Å². The number of aliphatic carboxylic acids is 1. The molecular weight excluding hydrogens is 791 g/mol. The fourth-order valence-electron chi connectivity index (χ4n) is 6.33. The SMILES string of the molecule is CC1(C)[C@H](NC(=O)/C(=N\O[C@](C)(C(=O)O)[C@H]2CCc3cc(-c4ccc(NCCN)[n+](CC5CNC5)c4)ccc3O2)c2csc(N)n2)C(=O)N1OS(=O)(=O)[O-].O=CO. The van der Waals surface area contributed by atoms with Gasteiger partial charge in [0.25, 0.3) is 29.7 Å². The fraction of sp³-hybridized carbons (Fsp3) is 0.441. The number of aryl methyl sites for hydroxylation is 1. The van der Waals surface area contributed by atoms with E-state index in [0.717, 1.165) is 53.5 Å². The van der Waals surface area contributed by atoms with Crippen LogP contribution in [-0.4, -0.2) is 113 Å². The third-order valence-electron chi connectivity index (χ3n) is 9.60. The number of hydrogen-bond donors (Lipinski definition) is 7. The number of anilines is 2. The van der Waals surface area contributed by atoms with Gasteiger partial charge in [0, 0.05) is 42.6 Å². The van der Waals surface area contributed by atoms with Crippen molar-refractivity contribution >= 4 is 62.7 Å². The van der Waals surface area contributed by atoms with Crippen molar-refractivity contribution in [1.29, 1.82) is 0 Å². The number of carbonyl (C=O) groups excluding carboxylic acids is 2. The Hall–Kier alpha value is -5.46. The molecule has 2 aromatic heterocycles. The maximum absolute atomic E-state index is 13.5. The summed E-state index contributed by atoms with van der Waals surface area (Å²) in [5.74, 6) is -1.51. The number of aromatic nitrogens is 2. The molecule has 3 aromatic rings. The summed E-state index contributed by atoms with van der Waals surface area (Å²) in [6, 6.07) is 8.39. The Labute approximate surface area is 330 Å². The summed E-state index contributed by atoms with van der Waals surface area (Å²) in [7, 11) is -5.28. The maximum atomic E-state index is 13.5. The summed E-state index contributed by atoms with van der Waals surface area (Å²) in [5.41, 5.74) is 10.1. The molecule has 0 saturated carbocycles. The van der Waals surface area contributed by atoms with Gasteiger partial charge in [-0.3, -0.25) is 19.7 Å². The number of carbonyl (C=O) groups is 4. The zero-order chi connectivity index (χ0) is 41.7. The highest BCUT2D eigenvalue weighted by Crippen LogP contribution is 2.37. The molecule has 0 spiro atoms. The molecule has 2 saturated heterocycles. The molecule has 308 valence electrons. The highest BCUT2D eigenvalue weighted by Gasteiger charge is 2.57. The monoisotopic (exact) mass is 833 g/mol. The first-order chi connectivity index (χ1) is 26.9. The second-order valence-electron chi connectivity index (χ2n) is 14.0.